The third kappa shape index (κ3) is 3.04. The maximum atomic E-state index is 12.8. The van der Waals surface area contributed by atoms with Crippen LogP contribution in [0.25, 0.3) is 0 Å². The first kappa shape index (κ1) is 16.9. The Balaban J connectivity index is 1.56. The van der Waals surface area contributed by atoms with Crippen LogP contribution in [0.1, 0.15) is 35.4 Å². The molecule has 7 nitrogen and oxygen atoms in total. The molecule has 2 atom stereocenters. The first-order valence-electron chi connectivity index (χ1n) is 8.50. The van der Waals surface area contributed by atoms with Gasteiger partial charge in [-0.25, -0.2) is 4.98 Å². The fourth-order valence-electron chi connectivity index (χ4n) is 3.99. The minimum Gasteiger partial charge on any atom is -0.392 e. The number of aromatic nitrogens is 3. The molecule has 2 aromatic rings. The highest BCUT2D eigenvalue weighted by atomic mass is 32.1. The van der Waals surface area contributed by atoms with Crippen LogP contribution < -0.4 is 4.90 Å². The Hall–Kier alpha value is -1.58. The monoisotopic (exact) mass is 379 g/mol. The van der Waals surface area contributed by atoms with Gasteiger partial charge in [0.25, 0.3) is 5.91 Å². The van der Waals surface area contributed by atoms with E-state index >= 15 is 0 Å². The number of piperidine rings is 2. The third-order valence-electron chi connectivity index (χ3n) is 5.33. The quantitative estimate of drug-likeness (QED) is 0.857. The lowest BCUT2D eigenvalue weighted by Gasteiger charge is -2.50. The van der Waals surface area contributed by atoms with Crippen molar-refractivity contribution in [2.24, 2.45) is 5.41 Å². The van der Waals surface area contributed by atoms with E-state index in [4.69, 9.17) is 0 Å². The average Bonchev–Trinajstić information content (AvgIpc) is 3.29. The van der Waals surface area contributed by atoms with E-state index in [2.05, 4.69) is 18.6 Å². The Morgan fingerprint density at radius 3 is 2.96 bits per heavy atom. The summed E-state index contributed by atoms with van der Waals surface area (Å²) in [5.74, 6) is -0.0658. The summed E-state index contributed by atoms with van der Waals surface area (Å²) < 4.78 is 8.27. The molecular weight excluding hydrogens is 358 g/mol. The minimum absolute atomic E-state index is 0.0658. The van der Waals surface area contributed by atoms with E-state index in [1.54, 1.807) is 11.3 Å². The largest absolute Gasteiger partial charge is 0.392 e. The summed E-state index contributed by atoms with van der Waals surface area (Å²) in [6.07, 6.45) is 3.94. The maximum absolute atomic E-state index is 12.8. The number of rotatable bonds is 2. The van der Waals surface area contributed by atoms with Gasteiger partial charge in [-0.05, 0) is 26.2 Å². The van der Waals surface area contributed by atoms with Crippen LogP contribution in [0.2, 0.25) is 0 Å². The molecule has 0 aliphatic carbocycles. The van der Waals surface area contributed by atoms with Crippen molar-refractivity contribution in [1.29, 1.82) is 0 Å². The molecule has 1 amide bonds. The number of hydrogen-bond acceptors (Lipinski definition) is 8. The molecule has 1 spiro atoms. The highest BCUT2D eigenvalue weighted by Crippen LogP contribution is 2.40. The fourth-order valence-corrected chi connectivity index (χ4v) is 5.21. The predicted octanol–water partition coefficient (Wildman–Crippen LogP) is 1.80. The van der Waals surface area contributed by atoms with Gasteiger partial charge in [-0.2, -0.15) is 8.75 Å². The van der Waals surface area contributed by atoms with Gasteiger partial charge in [-0.1, -0.05) is 0 Å². The van der Waals surface area contributed by atoms with Gasteiger partial charge >= 0.3 is 0 Å². The summed E-state index contributed by atoms with van der Waals surface area (Å²) in [6.45, 7) is 4.63. The summed E-state index contributed by atoms with van der Waals surface area (Å²) in [4.78, 5) is 21.4. The molecule has 4 heterocycles. The molecule has 2 aliphatic rings. The van der Waals surface area contributed by atoms with Crippen LogP contribution in [0.3, 0.4) is 0 Å². The standard InChI is InChI=1S/C16H21N5O2S2/c1-11-13(19-25-18-11)14(23)20-6-2-4-16(9-20)10-21(7-3-12(16)22)15-17-5-8-24-15/h5,8,12,22H,2-4,6-7,9-10H2,1H3/t12-,16+/m1/s1. The van der Waals surface area contributed by atoms with Gasteiger partial charge in [0.2, 0.25) is 0 Å². The van der Waals surface area contributed by atoms with Crippen LogP contribution >= 0.6 is 23.1 Å². The van der Waals surface area contributed by atoms with Crippen molar-refractivity contribution >= 4 is 34.1 Å². The van der Waals surface area contributed by atoms with E-state index in [0.29, 0.717) is 30.9 Å². The smallest absolute Gasteiger partial charge is 0.275 e. The van der Waals surface area contributed by atoms with Crippen LogP contribution in [-0.4, -0.2) is 61.9 Å². The molecule has 2 aromatic heterocycles. The van der Waals surface area contributed by atoms with Gasteiger partial charge in [0.05, 0.1) is 23.5 Å². The van der Waals surface area contributed by atoms with Crippen LogP contribution in [-0.2, 0) is 0 Å². The van der Waals surface area contributed by atoms with Gasteiger partial charge < -0.3 is 14.9 Å². The van der Waals surface area contributed by atoms with Crippen molar-refractivity contribution in [3.05, 3.63) is 23.0 Å². The topological polar surface area (TPSA) is 82.5 Å². The lowest BCUT2D eigenvalue weighted by atomic mass is 9.71. The highest BCUT2D eigenvalue weighted by molar-refractivity contribution is 7.13. The molecule has 9 heteroatoms. The molecule has 0 unspecified atom stereocenters. The van der Waals surface area contributed by atoms with Crippen LogP contribution in [0.15, 0.2) is 11.6 Å². The van der Waals surface area contributed by atoms with Gasteiger partial charge in [0.1, 0.15) is 0 Å². The van der Waals surface area contributed by atoms with E-state index in [0.717, 1.165) is 42.8 Å². The second-order valence-corrected chi connectivity index (χ2v) is 8.33. The number of carbonyl (C=O) groups is 1. The van der Waals surface area contributed by atoms with Crippen LogP contribution in [0.4, 0.5) is 5.13 Å². The Morgan fingerprint density at radius 2 is 2.24 bits per heavy atom. The molecule has 2 aliphatic heterocycles. The van der Waals surface area contributed by atoms with Crippen molar-refractivity contribution in [1.82, 2.24) is 18.6 Å². The van der Waals surface area contributed by atoms with Crippen molar-refractivity contribution < 1.29 is 9.90 Å². The number of amides is 1. The summed E-state index contributed by atoms with van der Waals surface area (Å²) >= 11 is 2.69. The number of thiazole rings is 1. The van der Waals surface area contributed by atoms with E-state index in [1.165, 1.54) is 0 Å². The van der Waals surface area contributed by atoms with Gasteiger partial charge in [0.15, 0.2) is 10.8 Å². The summed E-state index contributed by atoms with van der Waals surface area (Å²) in [5.41, 5.74) is 0.835. The zero-order valence-corrected chi connectivity index (χ0v) is 15.7. The summed E-state index contributed by atoms with van der Waals surface area (Å²) in [7, 11) is 0. The molecule has 25 heavy (non-hydrogen) atoms. The SMILES string of the molecule is Cc1nsnc1C(=O)N1CCC[C@]2(C1)CN(c1nccs1)CC[C@H]2O. The van der Waals surface area contributed by atoms with Gasteiger partial charge in [-0.15, -0.1) is 11.3 Å². The highest BCUT2D eigenvalue weighted by Gasteiger charge is 2.47. The van der Waals surface area contributed by atoms with Crippen LogP contribution in [0, 0.1) is 12.3 Å². The molecule has 0 aromatic carbocycles. The third-order valence-corrected chi connectivity index (χ3v) is 6.78. The predicted molar refractivity (Wildman–Crippen MR) is 97.2 cm³/mol. The zero-order chi connectivity index (χ0) is 17.4. The molecule has 0 radical (unpaired) electrons. The van der Waals surface area contributed by atoms with Crippen molar-refractivity contribution in [2.75, 3.05) is 31.1 Å². The van der Waals surface area contributed by atoms with E-state index < -0.39 is 6.10 Å². The number of likely N-dealkylation sites (tertiary alicyclic amines) is 1. The minimum atomic E-state index is -0.394. The lowest BCUT2D eigenvalue weighted by Crippen LogP contribution is -2.60. The number of aliphatic hydroxyl groups is 1. The first-order valence-corrected chi connectivity index (χ1v) is 10.1. The van der Waals surface area contributed by atoms with Crippen molar-refractivity contribution in [2.45, 2.75) is 32.3 Å². The molecule has 4 rings (SSSR count). The number of hydrogen-bond donors (Lipinski definition) is 1. The molecule has 134 valence electrons. The molecule has 0 bridgehead atoms. The van der Waals surface area contributed by atoms with Crippen molar-refractivity contribution in [3.8, 4) is 0 Å². The number of aliphatic hydroxyl groups excluding tert-OH is 1. The van der Waals surface area contributed by atoms with Crippen LogP contribution in [0.5, 0.6) is 0 Å². The molecule has 2 saturated heterocycles. The number of carbonyl (C=O) groups excluding carboxylic acids is 1. The Kier molecular flexibility index (Phi) is 4.47. The number of nitrogens with zero attached hydrogens (tertiary/aromatic N) is 5. The molecule has 1 N–H and O–H groups in total. The zero-order valence-electron chi connectivity index (χ0n) is 14.1. The summed E-state index contributed by atoms with van der Waals surface area (Å²) in [5, 5.41) is 13.7. The van der Waals surface area contributed by atoms with Gasteiger partial charge in [0, 0.05) is 43.2 Å². The van der Waals surface area contributed by atoms with E-state index in [1.807, 2.05) is 23.4 Å². The van der Waals surface area contributed by atoms with E-state index in [-0.39, 0.29) is 11.3 Å². The maximum Gasteiger partial charge on any atom is 0.275 e. The Bertz CT molecular complexity index is 750. The first-order chi connectivity index (χ1) is 12.1. The Labute approximate surface area is 154 Å². The lowest BCUT2D eigenvalue weighted by molar-refractivity contribution is -0.0362. The summed E-state index contributed by atoms with van der Waals surface area (Å²) in [6, 6.07) is 0. The molecule has 2 fully saturated rings. The molecular formula is C16H21N5O2S2. The van der Waals surface area contributed by atoms with Gasteiger partial charge in [-0.3, -0.25) is 4.79 Å². The van der Waals surface area contributed by atoms with E-state index in [9.17, 15) is 9.90 Å². The normalized spacial score (nSPS) is 27.0. The fraction of sp³-hybridized carbons (Fsp3) is 0.625. The second-order valence-electron chi connectivity index (χ2n) is 6.93. The number of anilines is 1. The second kappa shape index (κ2) is 6.62. The Morgan fingerprint density at radius 1 is 1.36 bits per heavy atom. The number of aryl methyl sites for hydroxylation is 1. The molecule has 0 saturated carbocycles. The van der Waals surface area contributed by atoms with Crippen molar-refractivity contribution in [3.63, 3.8) is 0 Å². The average molecular weight is 380 g/mol.